The molecule has 0 amide bonds. The van der Waals surface area contributed by atoms with Crippen molar-refractivity contribution in [2.45, 2.75) is 70.9 Å². The third-order valence-electron chi connectivity index (χ3n) is 6.65. The number of aliphatic imine (C=N–C) groups is 1. The summed E-state index contributed by atoms with van der Waals surface area (Å²) in [5, 5.41) is 33.6. The maximum Gasteiger partial charge on any atom is 0.270 e. The van der Waals surface area contributed by atoms with Crippen molar-refractivity contribution in [2.75, 3.05) is 0 Å². The molecule has 3 rings (SSSR count). The molecule has 0 saturated carbocycles. The van der Waals surface area contributed by atoms with Gasteiger partial charge in [0.2, 0.25) is 0 Å². The largest absolute Gasteiger partial charge is 0.507 e. The number of aliphatic hydroxyl groups is 1. The molecule has 36 heavy (non-hydrogen) atoms. The van der Waals surface area contributed by atoms with Crippen LogP contribution in [0.25, 0.3) is 0 Å². The fraction of sp³-hybridized carbons (Fsp3) is 0.367. The molecule has 1 unspecified atom stereocenters. The summed E-state index contributed by atoms with van der Waals surface area (Å²) in [6.07, 6.45) is 1.38. The SMILES string of the molecule is CC(N=Cc1cc([N+](=O)[O-])ccc1O)C(O)(c1ccc(C(C)(C)C)cc1)c1ccc(C(C)(C)C)cc1. The molecule has 6 nitrogen and oxygen atoms in total. The summed E-state index contributed by atoms with van der Waals surface area (Å²) in [6, 6.07) is 18.9. The number of phenols is 1. The first-order chi connectivity index (χ1) is 16.6. The number of non-ortho nitro benzene ring substituents is 1. The zero-order valence-corrected chi connectivity index (χ0v) is 22.1. The van der Waals surface area contributed by atoms with Crippen LogP contribution in [0, 0.1) is 10.1 Å². The number of rotatable bonds is 6. The molecule has 190 valence electrons. The Morgan fingerprint density at radius 3 is 1.61 bits per heavy atom. The molecule has 0 spiro atoms. The molecular formula is C30H36N2O4. The molecule has 0 aromatic heterocycles. The number of hydrogen-bond acceptors (Lipinski definition) is 5. The van der Waals surface area contributed by atoms with Gasteiger partial charge in [-0.25, -0.2) is 0 Å². The van der Waals surface area contributed by atoms with Crippen LogP contribution >= 0.6 is 0 Å². The first-order valence-corrected chi connectivity index (χ1v) is 12.1. The van der Waals surface area contributed by atoms with Crippen molar-refractivity contribution in [3.63, 3.8) is 0 Å². The molecule has 3 aromatic carbocycles. The smallest absolute Gasteiger partial charge is 0.270 e. The van der Waals surface area contributed by atoms with Gasteiger partial charge in [0.05, 0.1) is 11.0 Å². The van der Waals surface area contributed by atoms with Gasteiger partial charge in [-0.1, -0.05) is 90.1 Å². The summed E-state index contributed by atoms with van der Waals surface area (Å²) in [7, 11) is 0. The third-order valence-corrected chi connectivity index (χ3v) is 6.65. The van der Waals surface area contributed by atoms with Crippen molar-refractivity contribution >= 4 is 11.9 Å². The minimum atomic E-state index is -1.47. The topological polar surface area (TPSA) is 96.0 Å². The Kier molecular flexibility index (Phi) is 7.42. The molecule has 0 fully saturated rings. The highest BCUT2D eigenvalue weighted by Crippen LogP contribution is 2.37. The minimum absolute atomic E-state index is 0.0334. The van der Waals surface area contributed by atoms with E-state index in [0.717, 1.165) is 11.1 Å². The standard InChI is InChI=1S/C30H36N2O4/c1-20(31-19-21-18-26(32(35)36)16-17-27(21)33)30(34,24-12-8-22(9-13-24)28(2,3)4)25-14-10-23(11-15-25)29(5,6)7/h8-20,33-34H,1-7H3. The van der Waals surface area contributed by atoms with E-state index in [4.69, 9.17) is 0 Å². The van der Waals surface area contributed by atoms with E-state index in [1.807, 2.05) is 48.5 Å². The van der Waals surface area contributed by atoms with Gasteiger partial charge in [0.1, 0.15) is 11.4 Å². The van der Waals surface area contributed by atoms with Crippen LogP contribution in [-0.2, 0) is 16.4 Å². The number of nitro benzene ring substituents is 1. The molecule has 1 atom stereocenters. The summed E-state index contributed by atoms with van der Waals surface area (Å²) < 4.78 is 0. The Morgan fingerprint density at radius 2 is 1.22 bits per heavy atom. The van der Waals surface area contributed by atoms with Crippen molar-refractivity contribution in [3.05, 3.63) is 105 Å². The average Bonchev–Trinajstić information content (AvgIpc) is 2.81. The predicted molar refractivity (Wildman–Crippen MR) is 145 cm³/mol. The highest BCUT2D eigenvalue weighted by molar-refractivity contribution is 5.84. The van der Waals surface area contributed by atoms with E-state index in [9.17, 15) is 20.3 Å². The lowest BCUT2D eigenvalue weighted by Gasteiger charge is -2.34. The summed E-state index contributed by atoms with van der Waals surface area (Å²) in [4.78, 5) is 15.2. The number of nitrogens with zero attached hydrogens (tertiary/aromatic N) is 2. The highest BCUT2D eigenvalue weighted by Gasteiger charge is 2.38. The van der Waals surface area contributed by atoms with Crippen molar-refractivity contribution in [1.82, 2.24) is 0 Å². The number of nitro groups is 1. The van der Waals surface area contributed by atoms with E-state index in [2.05, 4.69) is 46.5 Å². The Hall–Kier alpha value is -3.51. The Labute approximate surface area is 213 Å². The lowest BCUT2D eigenvalue weighted by molar-refractivity contribution is -0.384. The second kappa shape index (κ2) is 9.86. The molecule has 0 aliphatic carbocycles. The van der Waals surface area contributed by atoms with E-state index >= 15 is 0 Å². The van der Waals surface area contributed by atoms with Crippen LogP contribution < -0.4 is 0 Å². The normalized spacial score (nSPS) is 13.7. The fourth-order valence-corrected chi connectivity index (χ4v) is 4.16. The molecule has 0 bridgehead atoms. The number of benzene rings is 3. The summed E-state index contributed by atoms with van der Waals surface area (Å²) in [5.74, 6) is -0.121. The van der Waals surface area contributed by atoms with Gasteiger partial charge in [-0.2, -0.15) is 0 Å². The Morgan fingerprint density at radius 1 is 0.806 bits per heavy atom. The first-order valence-electron chi connectivity index (χ1n) is 12.1. The number of phenolic OH excluding ortho intramolecular Hbond substituents is 1. The van der Waals surface area contributed by atoms with E-state index in [1.54, 1.807) is 6.92 Å². The van der Waals surface area contributed by atoms with Crippen LogP contribution in [0.5, 0.6) is 5.75 Å². The predicted octanol–water partition coefficient (Wildman–Crippen LogP) is 6.64. The van der Waals surface area contributed by atoms with Crippen LogP contribution in [0.15, 0.2) is 71.7 Å². The van der Waals surface area contributed by atoms with Crippen LogP contribution in [-0.4, -0.2) is 27.4 Å². The molecule has 0 heterocycles. The van der Waals surface area contributed by atoms with Gasteiger partial charge in [0.15, 0.2) is 0 Å². The first kappa shape index (κ1) is 27.1. The van der Waals surface area contributed by atoms with E-state index < -0.39 is 16.6 Å². The van der Waals surface area contributed by atoms with Crippen molar-refractivity contribution in [3.8, 4) is 5.75 Å². The molecule has 0 aliphatic rings. The summed E-state index contributed by atoms with van der Waals surface area (Å²) in [5.41, 5.74) is 2.20. The summed E-state index contributed by atoms with van der Waals surface area (Å²) in [6.45, 7) is 14.6. The molecule has 0 saturated heterocycles. The van der Waals surface area contributed by atoms with Crippen LogP contribution in [0.3, 0.4) is 0 Å². The fourth-order valence-electron chi connectivity index (χ4n) is 4.16. The second-order valence-corrected chi connectivity index (χ2v) is 11.4. The zero-order chi connectivity index (χ0) is 26.9. The van der Waals surface area contributed by atoms with Gasteiger partial charge < -0.3 is 10.2 Å². The number of hydrogen-bond donors (Lipinski definition) is 2. The molecule has 6 heteroatoms. The van der Waals surface area contributed by atoms with Gasteiger partial charge >= 0.3 is 0 Å². The molecule has 0 radical (unpaired) electrons. The molecule has 3 aromatic rings. The van der Waals surface area contributed by atoms with Gasteiger partial charge in [-0.05, 0) is 46.1 Å². The molecule has 0 aliphatic heterocycles. The quantitative estimate of drug-likeness (QED) is 0.231. The third kappa shape index (κ3) is 5.65. The Balaban J connectivity index is 2.10. The van der Waals surface area contributed by atoms with Gasteiger partial charge in [0, 0.05) is 23.9 Å². The van der Waals surface area contributed by atoms with Gasteiger partial charge in [-0.15, -0.1) is 0 Å². The molecule has 2 N–H and O–H groups in total. The van der Waals surface area contributed by atoms with Gasteiger partial charge in [0.25, 0.3) is 5.69 Å². The van der Waals surface area contributed by atoms with Crippen molar-refractivity contribution in [1.29, 1.82) is 0 Å². The highest BCUT2D eigenvalue weighted by atomic mass is 16.6. The van der Waals surface area contributed by atoms with Crippen molar-refractivity contribution in [2.24, 2.45) is 4.99 Å². The lowest BCUT2D eigenvalue weighted by atomic mass is 9.78. The minimum Gasteiger partial charge on any atom is -0.507 e. The maximum absolute atomic E-state index is 12.2. The van der Waals surface area contributed by atoms with Gasteiger partial charge in [-0.3, -0.25) is 15.1 Å². The monoisotopic (exact) mass is 488 g/mol. The van der Waals surface area contributed by atoms with Crippen LogP contribution in [0.2, 0.25) is 0 Å². The average molecular weight is 489 g/mol. The second-order valence-electron chi connectivity index (χ2n) is 11.4. The van der Waals surface area contributed by atoms with Crippen LogP contribution in [0.1, 0.15) is 76.3 Å². The van der Waals surface area contributed by atoms with E-state index in [1.165, 1.54) is 24.4 Å². The summed E-state index contributed by atoms with van der Waals surface area (Å²) >= 11 is 0. The lowest BCUT2D eigenvalue weighted by Crippen LogP contribution is -2.38. The van der Waals surface area contributed by atoms with Crippen molar-refractivity contribution < 1.29 is 15.1 Å². The maximum atomic E-state index is 12.2. The van der Waals surface area contributed by atoms with Crippen LogP contribution in [0.4, 0.5) is 5.69 Å². The zero-order valence-electron chi connectivity index (χ0n) is 22.1. The van der Waals surface area contributed by atoms with E-state index in [-0.39, 0.29) is 27.8 Å². The molecular weight excluding hydrogens is 452 g/mol. The van der Waals surface area contributed by atoms with E-state index in [0.29, 0.717) is 11.1 Å². The Bertz CT molecular complexity index is 1190. The number of aromatic hydroxyl groups is 1.